The molecule has 0 saturated carbocycles. The molecule has 0 aliphatic carbocycles. The highest BCUT2D eigenvalue weighted by Gasteiger charge is 2.02. The van der Waals surface area contributed by atoms with E-state index < -0.39 is 0 Å². The number of thiazole rings is 1. The second-order valence-electron chi connectivity index (χ2n) is 4.78. The van der Waals surface area contributed by atoms with Crippen LogP contribution in [0, 0.1) is 6.92 Å². The molecular formula is C17H14ClN3S. The number of anilines is 1. The van der Waals surface area contributed by atoms with E-state index in [1.807, 2.05) is 60.8 Å². The van der Waals surface area contributed by atoms with Crippen molar-refractivity contribution >= 4 is 34.3 Å². The van der Waals surface area contributed by atoms with Gasteiger partial charge in [0, 0.05) is 16.0 Å². The standard InChI is InChI=1S/C17H14ClN3S/c1-12-7-8-13(9-15(12)18)10-19-21-17-20-16(11-22-17)14-5-3-2-4-6-14/h2-11H,1H3,(H,20,21). The van der Waals surface area contributed by atoms with Gasteiger partial charge in [0.25, 0.3) is 0 Å². The van der Waals surface area contributed by atoms with Crippen LogP contribution >= 0.6 is 22.9 Å². The minimum absolute atomic E-state index is 0.740. The average Bonchev–Trinajstić information content (AvgIpc) is 3.01. The number of hydrazone groups is 1. The number of nitrogens with zero attached hydrogens (tertiary/aromatic N) is 2. The maximum absolute atomic E-state index is 6.09. The van der Waals surface area contributed by atoms with Crippen LogP contribution in [0.4, 0.5) is 5.13 Å². The average molecular weight is 328 g/mol. The van der Waals surface area contributed by atoms with Gasteiger partial charge in [-0.1, -0.05) is 54.1 Å². The summed E-state index contributed by atoms with van der Waals surface area (Å²) >= 11 is 7.61. The summed E-state index contributed by atoms with van der Waals surface area (Å²) < 4.78 is 0. The Kier molecular flexibility index (Phi) is 4.51. The molecule has 0 aliphatic heterocycles. The van der Waals surface area contributed by atoms with Crippen LogP contribution in [0.5, 0.6) is 0 Å². The van der Waals surface area contributed by atoms with Gasteiger partial charge in [0.2, 0.25) is 5.13 Å². The van der Waals surface area contributed by atoms with Crippen LogP contribution in [0.2, 0.25) is 5.02 Å². The van der Waals surface area contributed by atoms with E-state index in [4.69, 9.17) is 11.6 Å². The third kappa shape index (κ3) is 3.53. The first-order valence-electron chi connectivity index (χ1n) is 6.78. The van der Waals surface area contributed by atoms with Crippen molar-refractivity contribution in [2.45, 2.75) is 6.92 Å². The molecule has 0 spiro atoms. The fourth-order valence-corrected chi connectivity index (χ4v) is 2.78. The fraction of sp³-hybridized carbons (Fsp3) is 0.0588. The SMILES string of the molecule is Cc1ccc(C=NNc2nc(-c3ccccc3)cs2)cc1Cl. The molecular weight excluding hydrogens is 314 g/mol. The number of hydrogen-bond donors (Lipinski definition) is 1. The Hall–Kier alpha value is -2.17. The van der Waals surface area contributed by atoms with Gasteiger partial charge in [0.1, 0.15) is 0 Å². The molecule has 3 rings (SSSR count). The first-order chi connectivity index (χ1) is 10.7. The fourth-order valence-electron chi connectivity index (χ4n) is 1.92. The Morgan fingerprint density at radius 2 is 2.00 bits per heavy atom. The molecule has 3 nitrogen and oxygen atoms in total. The van der Waals surface area contributed by atoms with Gasteiger partial charge < -0.3 is 0 Å². The Morgan fingerprint density at radius 1 is 1.18 bits per heavy atom. The highest BCUT2D eigenvalue weighted by atomic mass is 35.5. The number of aromatic nitrogens is 1. The summed E-state index contributed by atoms with van der Waals surface area (Å²) in [6.45, 7) is 1.97. The predicted molar refractivity (Wildman–Crippen MR) is 95.0 cm³/mol. The van der Waals surface area contributed by atoms with Crippen molar-refractivity contribution in [1.29, 1.82) is 0 Å². The van der Waals surface area contributed by atoms with Gasteiger partial charge >= 0.3 is 0 Å². The molecule has 0 fully saturated rings. The highest BCUT2D eigenvalue weighted by Crippen LogP contribution is 2.24. The van der Waals surface area contributed by atoms with Crippen LogP contribution in [-0.4, -0.2) is 11.2 Å². The van der Waals surface area contributed by atoms with Crippen LogP contribution in [0.25, 0.3) is 11.3 Å². The molecule has 110 valence electrons. The van der Waals surface area contributed by atoms with Crippen LogP contribution < -0.4 is 5.43 Å². The molecule has 3 aromatic rings. The van der Waals surface area contributed by atoms with E-state index >= 15 is 0 Å². The van der Waals surface area contributed by atoms with E-state index in [2.05, 4.69) is 15.5 Å². The van der Waals surface area contributed by atoms with Gasteiger partial charge in [-0.3, -0.25) is 5.43 Å². The topological polar surface area (TPSA) is 37.3 Å². The zero-order valence-corrected chi connectivity index (χ0v) is 13.5. The van der Waals surface area contributed by atoms with Crippen molar-refractivity contribution in [3.05, 3.63) is 70.1 Å². The number of rotatable bonds is 4. The maximum Gasteiger partial charge on any atom is 0.203 e. The number of hydrogen-bond acceptors (Lipinski definition) is 4. The summed E-state index contributed by atoms with van der Waals surface area (Å²) in [5.74, 6) is 0. The van der Waals surface area contributed by atoms with E-state index in [0.717, 1.165) is 32.5 Å². The summed E-state index contributed by atoms with van der Waals surface area (Å²) in [7, 11) is 0. The van der Waals surface area contributed by atoms with E-state index in [9.17, 15) is 0 Å². The largest absolute Gasteiger partial charge is 0.253 e. The van der Waals surface area contributed by atoms with Crippen molar-refractivity contribution in [3.8, 4) is 11.3 Å². The Balaban J connectivity index is 1.68. The lowest BCUT2D eigenvalue weighted by Crippen LogP contribution is -1.90. The highest BCUT2D eigenvalue weighted by molar-refractivity contribution is 7.14. The minimum atomic E-state index is 0.740. The van der Waals surface area contributed by atoms with Crippen molar-refractivity contribution in [2.24, 2.45) is 5.10 Å². The molecule has 0 amide bonds. The normalized spacial score (nSPS) is 11.0. The summed E-state index contributed by atoms with van der Waals surface area (Å²) in [5.41, 5.74) is 7.00. The van der Waals surface area contributed by atoms with Gasteiger partial charge in [0.05, 0.1) is 11.9 Å². The van der Waals surface area contributed by atoms with Gasteiger partial charge in [-0.2, -0.15) is 5.10 Å². The first kappa shape index (κ1) is 14.8. The number of nitrogens with one attached hydrogen (secondary N) is 1. The molecule has 0 atom stereocenters. The molecule has 1 aromatic heterocycles. The minimum Gasteiger partial charge on any atom is -0.253 e. The summed E-state index contributed by atoms with van der Waals surface area (Å²) in [4.78, 5) is 4.51. The molecule has 0 bridgehead atoms. The molecule has 22 heavy (non-hydrogen) atoms. The van der Waals surface area contributed by atoms with Crippen molar-refractivity contribution in [3.63, 3.8) is 0 Å². The van der Waals surface area contributed by atoms with E-state index in [-0.39, 0.29) is 0 Å². The second-order valence-corrected chi connectivity index (χ2v) is 6.05. The molecule has 1 heterocycles. The second kappa shape index (κ2) is 6.73. The Bertz CT molecular complexity index is 797. The van der Waals surface area contributed by atoms with Gasteiger partial charge in [0.15, 0.2) is 0 Å². The molecule has 0 unspecified atom stereocenters. The zero-order valence-electron chi connectivity index (χ0n) is 12.0. The molecule has 0 saturated heterocycles. The lowest BCUT2D eigenvalue weighted by molar-refractivity contribution is 1.29. The maximum atomic E-state index is 6.09. The smallest absolute Gasteiger partial charge is 0.203 e. The first-order valence-corrected chi connectivity index (χ1v) is 8.04. The van der Waals surface area contributed by atoms with E-state index in [1.54, 1.807) is 6.21 Å². The molecule has 1 N–H and O–H groups in total. The lowest BCUT2D eigenvalue weighted by Gasteiger charge is -1.99. The third-order valence-corrected chi connectivity index (χ3v) is 4.30. The molecule has 0 radical (unpaired) electrons. The van der Waals surface area contributed by atoms with Gasteiger partial charge in [-0.25, -0.2) is 4.98 Å². The Labute approximate surface area is 138 Å². The van der Waals surface area contributed by atoms with E-state index in [0.29, 0.717) is 0 Å². The monoisotopic (exact) mass is 327 g/mol. The third-order valence-electron chi connectivity index (χ3n) is 3.14. The van der Waals surface area contributed by atoms with Gasteiger partial charge in [-0.05, 0) is 24.1 Å². The van der Waals surface area contributed by atoms with Crippen molar-refractivity contribution in [2.75, 3.05) is 5.43 Å². The van der Waals surface area contributed by atoms with Gasteiger partial charge in [-0.15, -0.1) is 11.3 Å². The van der Waals surface area contributed by atoms with Crippen molar-refractivity contribution < 1.29 is 0 Å². The predicted octanol–water partition coefficient (Wildman–Crippen LogP) is 5.22. The van der Waals surface area contributed by atoms with Crippen molar-refractivity contribution in [1.82, 2.24) is 4.98 Å². The number of benzene rings is 2. The van der Waals surface area contributed by atoms with Crippen LogP contribution in [-0.2, 0) is 0 Å². The number of halogens is 1. The van der Waals surface area contributed by atoms with Crippen LogP contribution in [0.1, 0.15) is 11.1 Å². The molecule has 0 aliphatic rings. The summed E-state index contributed by atoms with van der Waals surface area (Å²) in [6, 6.07) is 15.9. The quantitative estimate of drug-likeness (QED) is 0.527. The summed E-state index contributed by atoms with van der Waals surface area (Å²) in [6.07, 6.45) is 1.73. The molecule has 5 heteroatoms. The van der Waals surface area contributed by atoms with E-state index in [1.165, 1.54) is 11.3 Å². The molecule has 2 aromatic carbocycles. The number of aryl methyl sites for hydroxylation is 1. The zero-order chi connectivity index (χ0) is 15.4. The van der Waals surface area contributed by atoms with Crippen LogP contribution in [0.3, 0.4) is 0 Å². The summed E-state index contributed by atoms with van der Waals surface area (Å²) in [5, 5.41) is 7.71. The lowest BCUT2D eigenvalue weighted by atomic mass is 10.2. The van der Waals surface area contributed by atoms with Crippen LogP contribution in [0.15, 0.2) is 59.0 Å². The Morgan fingerprint density at radius 3 is 2.77 bits per heavy atom.